The largest absolute Gasteiger partial charge is 0.443 e. The van der Waals surface area contributed by atoms with E-state index in [-0.39, 0.29) is 24.1 Å². The first-order valence-corrected chi connectivity index (χ1v) is 12.2. The molecule has 1 fully saturated rings. The Hall–Kier alpha value is -3.31. The smallest absolute Gasteiger partial charge is 0.425 e. The maximum Gasteiger partial charge on any atom is 0.425 e. The van der Waals surface area contributed by atoms with Crippen molar-refractivity contribution in [3.8, 4) is 0 Å². The van der Waals surface area contributed by atoms with Crippen molar-refractivity contribution in [3.05, 3.63) is 36.3 Å². The van der Waals surface area contributed by atoms with E-state index in [2.05, 4.69) is 21.6 Å². The fraction of sp³-hybridized carbons (Fsp3) is 0.577. The molecule has 0 aromatic carbocycles. The molecule has 0 bridgehead atoms. The Morgan fingerprint density at radius 1 is 1.08 bits per heavy atom. The van der Waals surface area contributed by atoms with Gasteiger partial charge in [-0.1, -0.05) is 18.7 Å². The molecule has 2 amide bonds. The van der Waals surface area contributed by atoms with Crippen LogP contribution in [-0.4, -0.2) is 61.1 Å². The van der Waals surface area contributed by atoms with Crippen molar-refractivity contribution < 1.29 is 28.5 Å². The van der Waals surface area contributed by atoms with E-state index in [1.54, 1.807) is 59.2 Å². The maximum atomic E-state index is 13.3. The zero-order valence-corrected chi connectivity index (χ0v) is 22.9. The van der Waals surface area contributed by atoms with Crippen molar-refractivity contribution in [2.45, 2.75) is 97.6 Å². The SMILES string of the molecule is C=CC1=C[C@@H](n2ncc3c(N(C(=O)OC(C)(C)C)C(=O)OC(C)(C)C)nc(C)nc32)[C@@H]2OC(C)(C)O[C@H]12. The van der Waals surface area contributed by atoms with E-state index < -0.39 is 29.2 Å². The van der Waals surface area contributed by atoms with Crippen molar-refractivity contribution in [2.75, 3.05) is 4.90 Å². The van der Waals surface area contributed by atoms with Gasteiger partial charge in [0.15, 0.2) is 17.3 Å². The quantitative estimate of drug-likeness (QED) is 0.559. The zero-order valence-electron chi connectivity index (χ0n) is 22.9. The van der Waals surface area contributed by atoms with Gasteiger partial charge in [0.2, 0.25) is 0 Å². The summed E-state index contributed by atoms with van der Waals surface area (Å²) in [4.78, 5) is 36.4. The van der Waals surface area contributed by atoms with Gasteiger partial charge in [-0.3, -0.25) is 0 Å². The van der Waals surface area contributed by atoms with Crippen LogP contribution in [0.3, 0.4) is 0 Å². The molecule has 1 aliphatic carbocycles. The van der Waals surface area contributed by atoms with Gasteiger partial charge < -0.3 is 18.9 Å². The number of nitrogens with zero attached hydrogens (tertiary/aromatic N) is 5. The van der Waals surface area contributed by atoms with Gasteiger partial charge in [0, 0.05) is 0 Å². The van der Waals surface area contributed by atoms with E-state index in [1.165, 1.54) is 6.20 Å². The van der Waals surface area contributed by atoms with Gasteiger partial charge in [-0.25, -0.2) is 24.2 Å². The predicted molar refractivity (Wildman–Crippen MR) is 136 cm³/mol. The fourth-order valence-corrected chi connectivity index (χ4v) is 4.35. The van der Waals surface area contributed by atoms with Crippen LogP contribution in [0.2, 0.25) is 0 Å². The average Bonchev–Trinajstić information content (AvgIpc) is 3.35. The number of carbonyl (C=O) groups excluding carboxylic acids is 2. The summed E-state index contributed by atoms with van der Waals surface area (Å²) in [5.74, 6) is -0.435. The van der Waals surface area contributed by atoms with Crippen molar-refractivity contribution in [1.82, 2.24) is 19.7 Å². The Bertz CT molecular complexity index is 1250. The Morgan fingerprint density at radius 2 is 1.68 bits per heavy atom. The van der Waals surface area contributed by atoms with Crippen LogP contribution in [0.25, 0.3) is 11.0 Å². The van der Waals surface area contributed by atoms with Crippen LogP contribution in [0.15, 0.2) is 30.5 Å². The van der Waals surface area contributed by atoms with E-state index >= 15 is 0 Å². The lowest BCUT2D eigenvalue weighted by molar-refractivity contribution is -0.147. The third-order valence-electron chi connectivity index (χ3n) is 5.58. The van der Waals surface area contributed by atoms with Gasteiger partial charge in [0.1, 0.15) is 35.3 Å². The predicted octanol–water partition coefficient (Wildman–Crippen LogP) is 5.00. The summed E-state index contributed by atoms with van der Waals surface area (Å²) in [5.41, 5.74) is -0.419. The molecule has 1 aliphatic heterocycles. The minimum atomic E-state index is -0.919. The molecule has 0 saturated carbocycles. The minimum Gasteiger partial charge on any atom is -0.443 e. The number of aryl methyl sites for hydroxylation is 1. The number of rotatable bonds is 3. The summed E-state index contributed by atoms with van der Waals surface area (Å²) < 4.78 is 25.1. The fourth-order valence-electron chi connectivity index (χ4n) is 4.35. The highest BCUT2D eigenvalue weighted by molar-refractivity contribution is 6.13. The van der Waals surface area contributed by atoms with Crippen LogP contribution in [0.4, 0.5) is 15.4 Å². The van der Waals surface area contributed by atoms with Crippen molar-refractivity contribution in [2.24, 2.45) is 0 Å². The molecule has 2 aliphatic rings. The van der Waals surface area contributed by atoms with E-state index in [0.717, 1.165) is 10.5 Å². The molecule has 2 aromatic rings. The summed E-state index contributed by atoms with van der Waals surface area (Å²) in [5, 5.41) is 4.95. The van der Waals surface area contributed by atoms with Crippen LogP contribution >= 0.6 is 0 Å². The number of anilines is 1. The Kier molecular flexibility index (Phi) is 6.44. The lowest BCUT2D eigenvalue weighted by Crippen LogP contribution is -2.44. The number of hydrogen-bond acceptors (Lipinski definition) is 9. The lowest BCUT2D eigenvalue weighted by Gasteiger charge is -2.28. The molecule has 2 aromatic heterocycles. The molecule has 37 heavy (non-hydrogen) atoms. The molecule has 200 valence electrons. The van der Waals surface area contributed by atoms with E-state index in [0.29, 0.717) is 16.9 Å². The highest BCUT2D eigenvalue weighted by Gasteiger charge is 2.50. The van der Waals surface area contributed by atoms with Crippen molar-refractivity contribution in [1.29, 1.82) is 0 Å². The summed E-state index contributed by atoms with van der Waals surface area (Å²) in [6, 6.07) is -0.365. The average molecular weight is 514 g/mol. The van der Waals surface area contributed by atoms with Gasteiger partial charge in [0.25, 0.3) is 0 Å². The highest BCUT2D eigenvalue weighted by Crippen LogP contribution is 2.44. The van der Waals surface area contributed by atoms with Gasteiger partial charge in [0.05, 0.1) is 11.6 Å². The molecule has 0 spiro atoms. The number of aromatic nitrogens is 4. The second-order valence-corrected chi connectivity index (χ2v) is 11.6. The normalized spacial score (nSPS) is 22.9. The first kappa shape index (κ1) is 26.7. The van der Waals surface area contributed by atoms with Gasteiger partial charge in [-0.2, -0.15) is 10.00 Å². The second-order valence-electron chi connectivity index (χ2n) is 11.6. The topological polar surface area (TPSA) is 118 Å². The highest BCUT2D eigenvalue weighted by atomic mass is 16.8. The molecule has 11 heteroatoms. The molecule has 11 nitrogen and oxygen atoms in total. The van der Waals surface area contributed by atoms with Gasteiger partial charge >= 0.3 is 12.2 Å². The molecule has 0 unspecified atom stereocenters. The number of amides is 2. The van der Waals surface area contributed by atoms with E-state index in [9.17, 15) is 9.59 Å². The Balaban J connectivity index is 1.84. The number of hydrogen-bond donors (Lipinski definition) is 0. The number of fused-ring (bicyclic) bond motifs is 2. The number of carbonyl (C=O) groups is 2. The van der Waals surface area contributed by atoms with Crippen molar-refractivity contribution in [3.63, 3.8) is 0 Å². The third kappa shape index (κ3) is 5.37. The monoisotopic (exact) mass is 513 g/mol. The maximum absolute atomic E-state index is 13.3. The van der Waals surface area contributed by atoms with Crippen LogP contribution in [-0.2, 0) is 18.9 Å². The molecule has 3 heterocycles. The van der Waals surface area contributed by atoms with Crippen molar-refractivity contribution >= 4 is 29.0 Å². The molecule has 1 saturated heterocycles. The summed E-state index contributed by atoms with van der Waals surface area (Å²) in [6.07, 6.45) is 2.72. The summed E-state index contributed by atoms with van der Waals surface area (Å²) >= 11 is 0. The molecular formula is C26H35N5O6. The number of imide groups is 1. The first-order chi connectivity index (χ1) is 17.0. The van der Waals surface area contributed by atoms with Crippen LogP contribution in [0, 0.1) is 6.92 Å². The molecule has 0 N–H and O–H groups in total. The molecule has 4 rings (SSSR count). The molecule has 0 radical (unpaired) electrons. The molecule has 3 atom stereocenters. The van der Waals surface area contributed by atoms with Gasteiger partial charge in [-0.05, 0) is 67.9 Å². The zero-order chi connectivity index (χ0) is 27.5. The van der Waals surface area contributed by atoms with Crippen LogP contribution in [0.1, 0.15) is 67.3 Å². The second kappa shape index (κ2) is 8.91. The summed E-state index contributed by atoms with van der Waals surface area (Å²) in [6.45, 7) is 19.6. The van der Waals surface area contributed by atoms with Gasteiger partial charge in [-0.15, -0.1) is 0 Å². The Morgan fingerprint density at radius 3 is 2.22 bits per heavy atom. The standard InChI is InChI=1S/C26H35N5O6/c1-11-15-12-17(19-18(15)34-26(9,10)35-19)31-21-16(13-27-31)20(28-14(2)29-21)30(22(32)36-24(3,4)5)23(33)37-25(6,7)8/h11-13,17-19H,1H2,2-10H3/t17-,18-,19+/m1/s1. The van der Waals surface area contributed by atoms with E-state index in [4.69, 9.17) is 18.9 Å². The van der Waals surface area contributed by atoms with E-state index in [1.807, 2.05) is 19.9 Å². The summed E-state index contributed by atoms with van der Waals surface area (Å²) in [7, 11) is 0. The van der Waals surface area contributed by atoms with Crippen LogP contribution in [0.5, 0.6) is 0 Å². The molecular weight excluding hydrogens is 478 g/mol. The number of ether oxygens (including phenoxy) is 4. The van der Waals surface area contributed by atoms with Crippen LogP contribution < -0.4 is 4.90 Å². The minimum absolute atomic E-state index is 0.0173. The Labute approximate surface area is 216 Å². The third-order valence-corrected chi connectivity index (χ3v) is 5.58. The first-order valence-electron chi connectivity index (χ1n) is 12.2. The lowest BCUT2D eigenvalue weighted by atomic mass is 10.1.